The summed E-state index contributed by atoms with van der Waals surface area (Å²) in [5, 5.41) is 0.713. The number of hydrogen-bond acceptors (Lipinski definition) is 5. The first-order valence-electron chi connectivity index (χ1n) is 6.34. The van der Waals surface area contributed by atoms with E-state index in [1.165, 1.54) is 18.2 Å². The predicted octanol–water partition coefficient (Wildman–Crippen LogP) is 1.74. The van der Waals surface area contributed by atoms with E-state index in [9.17, 15) is 22.8 Å². The number of fused-ring (bicyclic) bond motifs is 1. The van der Waals surface area contributed by atoms with Gasteiger partial charge in [-0.2, -0.15) is 4.31 Å². The fourth-order valence-corrected chi connectivity index (χ4v) is 3.85. The summed E-state index contributed by atoms with van der Waals surface area (Å²) >= 11 is 0. The fraction of sp³-hybridized carbons (Fsp3) is 0.133. The molecule has 2 amide bonds. The Morgan fingerprint density at radius 3 is 2.00 bits per heavy atom. The number of benzene rings is 2. The Morgan fingerprint density at radius 1 is 0.955 bits per heavy atom. The monoisotopic (exact) mass is 319 g/mol. The summed E-state index contributed by atoms with van der Waals surface area (Å²) in [4.78, 5) is 33.9. The molecule has 0 N–H and O–H groups in total. The largest absolute Gasteiger partial charge is 0.298 e. The molecule has 0 unspecified atom stereocenters. The van der Waals surface area contributed by atoms with Gasteiger partial charge in [-0.05, 0) is 17.5 Å². The van der Waals surface area contributed by atoms with Crippen LogP contribution in [0.15, 0.2) is 41.3 Å². The molecule has 0 aliphatic carbocycles. The van der Waals surface area contributed by atoms with Crippen molar-refractivity contribution in [3.05, 3.63) is 42.0 Å². The fourth-order valence-electron chi connectivity index (χ4n) is 2.28. The molecule has 0 aliphatic heterocycles. The van der Waals surface area contributed by atoms with E-state index in [0.717, 1.165) is 13.8 Å². The van der Waals surface area contributed by atoms with Crippen molar-refractivity contribution in [1.29, 1.82) is 0 Å². The van der Waals surface area contributed by atoms with Crippen LogP contribution in [-0.2, 0) is 19.6 Å². The van der Waals surface area contributed by atoms with Crippen LogP contribution in [0.4, 0.5) is 0 Å². The number of carbonyl (C=O) groups excluding carboxylic acids is 3. The number of imide groups is 1. The van der Waals surface area contributed by atoms with Gasteiger partial charge in [0.05, 0.1) is 4.90 Å². The number of hydrogen-bond donors (Lipinski definition) is 0. The van der Waals surface area contributed by atoms with Gasteiger partial charge in [-0.1, -0.05) is 24.3 Å². The van der Waals surface area contributed by atoms with Crippen LogP contribution in [0.5, 0.6) is 0 Å². The van der Waals surface area contributed by atoms with Gasteiger partial charge in [0.1, 0.15) is 0 Å². The summed E-state index contributed by atoms with van der Waals surface area (Å²) in [6, 6.07) is 8.97. The molecule has 0 saturated carbocycles. The number of carbonyl (C=O) groups is 3. The van der Waals surface area contributed by atoms with E-state index in [2.05, 4.69) is 0 Å². The van der Waals surface area contributed by atoms with Gasteiger partial charge in [0.15, 0.2) is 6.29 Å². The summed E-state index contributed by atoms with van der Waals surface area (Å²) in [6.07, 6.45) is 0.618. The highest BCUT2D eigenvalue weighted by atomic mass is 32.2. The summed E-state index contributed by atoms with van der Waals surface area (Å²) in [6.45, 7) is 2.00. The normalized spacial score (nSPS) is 11.2. The van der Waals surface area contributed by atoms with Gasteiger partial charge in [-0.3, -0.25) is 14.4 Å². The van der Waals surface area contributed by atoms with Gasteiger partial charge in [0.2, 0.25) is 11.8 Å². The van der Waals surface area contributed by atoms with Gasteiger partial charge in [0, 0.05) is 24.8 Å². The molecule has 2 aromatic rings. The van der Waals surface area contributed by atoms with Crippen LogP contribution in [0.3, 0.4) is 0 Å². The van der Waals surface area contributed by atoms with Crippen LogP contribution in [-0.4, -0.2) is 30.8 Å². The highest BCUT2D eigenvalue weighted by Gasteiger charge is 2.32. The Bertz CT molecular complexity index is 872. The summed E-state index contributed by atoms with van der Waals surface area (Å²) in [5.74, 6) is -1.79. The molecule has 2 aromatic carbocycles. The van der Waals surface area contributed by atoms with E-state index in [-0.39, 0.29) is 14.6 Å². The van der Waals surface area contributed by atoms with Crippen molar-refractivity contribution in [2.45, 2.75) is 18.7 Å². The van der Waals surface area contributed by atoms with E-state index in [1.807, 2.05) is 0 Å². The molecule has 7 heteroatoms. The van der Waals surface area contributed by atoms with Crippen molar-refractivity contribution in [2.75, 3.05) is 0 Å². The van der Waals surface area contributed by atoms with Crippen LogP contribution >= 0.6 is 0 Å². The molecule has 0 saturated heterocycles. The van der Waals surface area contributed by atoms with E-state index in [1.54, 1.807) is 18.2 Å². The maximum atomic E-state index is 12.6. The van der Waals surface area contributed by atoms with Crippen LogP contribution in [0.2, 0.25) is 0 Å². The third kappa shape index (κ3) is 2.50. The molecule has 0 heterocycles. The maximum absolute atomic E-state index is 12.6. The molecule has 22 heavy (non-hydrogen) atoms. The summed E-state index contributed by atoms with van der Waals surface area (Å²) < 4.78 is 25.5. The Morgan fingerprint density at radius 2 is 1.50 bits per heavy atom. The number of rotatable bonds is 3. The van der Waals surface area contributed by atoms with Crippen LogP contribution in [0.25, 0.3) is 10.8 Å². The molecular weight excluding hydrogens is 306 g/mol. The lowest BCUT2D eigenvalue weighted by Crippen LogP contribution is -2.38. The van der Waals surface area contributed by atoms with Crippen LogP contribution < -0.4 is 0 Å². The zero-order valence-electron chi connectivity index (χ0n) is 11.9. The van der Waals surface area contributed by atoms with E-state index >= 15 is 0 Å². The average Bonchev–Trinajstić information content (AvgIpc) is 2.44. The first-order valence-corrected chi connectivity index (χ1v) is 7.78. The molecule has 0 fully saturated rings. The topological polar surface area (TPSA) is 88.6 Å². The zero-order valence-corrected chi connectivity index (χ0v) is 12.8. The number of sulfonamides is 1. The second-order valence-corrected chi connectivity index (χ2v) is 6.38. The minimum absolute atomic E-state index is 0.195. The molecule has 0 atom stereocenters. The van der Waals surface area contributed by atoms with Crippen molar-refractivity contribution in [3.63, 3.8) is 0 Å². The quantitative estimate of drug-likeness (QED) is 0.804. The lowest BCUT2D eigenvalue weighted by molar-refractivity contribution is -0.135. The van der Waals surface area contributed by atoms with Crippen LogP contribution in [0.1, 0.15) is 24.2 Å². The molecule has 0 aromatic heterocycles. The molecular formula is C15H13NO5S. The van der Waals surface area contributed by atoms with Crippen molar-refractivity contribution in [3.8, 4) is 0 Å². The Labute approximate surface area is 127 Å². The van der Waals surface area contributed by atoms with Crippen molar-refractivity contribution < 1.29 is 22.8 Å². The first-order chi connectivity index (χ1) is 10.3. The lowest BCUT2D eigenvalue weighted by Gasteiger charge is -2.18. The van der Waals surface area contributed by atoms with Crippen molar-refractivity contribution in [2.24, 2.45) is 0 Å². The number of aldehydes is 1. The van der Waals surface area contributed by atoms with Crippen molar-refractivity contribution in [1.82, 2.24) is 4.31 Å². The second kappa shape index (κ2) is 5.69. The minimum Gasteiger partial charge on any atom is -0.298 e. The SMILES string of the molecule is CC(=O)N(C(C)=O)S(=O)(=O)c1ccc(C=O)c2ccccc12. The summed E-state index contributed by atoms with van der Waals surface area (Å²) in [7, 11) is -4.33. The third-order valence-corrected chi connectivity index (χ3v) is 5.04. The Hall–Kier alpha value is -2.54. The van der Waals surface area contributed by atoms with E-state index in [4.69, 9.17) is 0 Å². The standard InChI is InChI=1S/C15H13NO5S/c1-10(18)16(11(2)19)22(20,21)15-8-7-12(9-17)13-5-3-4-6-14(13)15/h3-9H,1-2H3. The average molecular weight is 319 g/mol. The molecule has 0 spiro atoms. The Kier molecular flexibility index (Phi) is 4.09. The maximum Gasteiger partial charge on any atom is 0.273 e. The van der Waals surface area contributed by atoms with Crippen LogP contribution in [0, 0.1) is 0 Å². The predicted molar refractivity (Wildman–Crippen MR) is 79.7 cm³/mol. The summed E-state index contributed by atoms with van der Waals surface area (Å²) in [5.41, 5.74) is 0.326. The first kappa shape index (κ1) is 15.8. The second-order valence-electron chi connectivity index (χ2n) is 4.62. The Balaban J connectivity index is 2.82. The smallest absolute Gasteiger partial charge is 0.273 e. The molecule has 0 radical (unpaired) electrons. The molecule has 0 aliphatic rings. The highest BCUT2D eigenvalue weighted by molar-refractivity contribution is 7.90. The number of nitrogens with zero attached hydrogens (tertiary/aromatic N) is 1. The molecule has 0 bridgehead atoms. The van der Waals surface area contributed by atoms with Gasteiger partial charge in [0.25, 0.3) is 10.0 Å². The van der Waals surface area contributed by atoms with E-state index < -0.39 is 21.8 Å². The number of amides is 2. The third-order valence-electron chi connectivity index (χ3n) is 3.14. The van der Waals surface area contributed by atoms with E-state index in [0.29, 0.717) is 17.2 Å². The lowest BCUT2D eigenvalue weighted by atomic mass is 10.1. The minimum atomic E-state index is -4.33. The van der Waals surface area contributed by atoms with Gasteiger partial charge < -0.3 is 0 Å². The van der Waals surface area contributed by atoms with Crippen molar-refractivity contribution >= 4 is 38.9 Å². The van der Waals surface area contributed by atoms with Gasteiger partial charge in [-0.15, -0.1) is 0 Å². The van der Waals surface area contributed by atoms with Gasteiger partial charge >= 0.3 is 0 Å². The highest BCUT2D eigenvalue weighted by Crippen LogP contribution is 2.28. The zero-order chi connectivity index (χ0) is 16.5. The molecule has 6 nitrogen and oxygen atoms in total. The van der Waals surface area contributed by atoms with Gasteiger partial charge in [-0.25, -0.2) is 8.42 Å². The molecule has 2 rings (SSSR count). The molecule has 114 valence electrons.